The van der Waals surface area contributed by atoms with Crippen molar-refractivity contribution in [3.63, 3.8) is 0 Å². The fraction of sp³-hybridized carbons (Fsp3) is 0.154. The molecule has 0 radical (unpaired) electrons. The summed E-state index contributed by atoms with van der Waals surface area (Å²) in [4.78, 5) is 22.5. The number of hydrogen-bond donors (Lipinski definition) is 0. The molecule has 0 fully saturated rings. The summed E-state index contributed by atoms with van der Waals surface area (Å²) >= 11 is 0. The minimum Gasteiger partial charge on any atom is -0.298 e. The fourth-order valence-electron chi connectivity index (χ4n) is 1.59. The molecule has 0 N–H and O–H groups in total. The summed E-state index contributed by atoms with van der Waals surface area (Å²) < 4.78 is 14.6. The van der Waals surface area contributed by atoms with E-state index >= 15 is 0 Å². The standard InChI is InChI=1S/C13H11FN2O2/c1-9(17)8-16-13(18)7-6-12(15-16)10-4-2-3-5-11(10)14/h2-7H,8H2,1H3. The highest BCUT2D eigenvalue weighted by Gasteiger charge is 2.08. The molecular formula is C13H11FN2O2. The molecule has 5 heteroatoms. The highest BCUT2D eigenvalue weighted by molar-refractivity contribution is 5.75. The summed E-state index contributed by atoms with van der Waals surface area (Å²) in [6.07, 6.45) is 0. The van der Waals surface area contributed by atoms with Gasteiger partial charge in [-0.2, -0.15) is 5.10 Å². The van der Waals surface area contributed by atoms with Crippen molar-refractivity contribution in [1.82, 2.24) is 9.78 Å². The number of halogens is 1. The van der Waals surface area contributed by atoms with Gasteiger partial charge in [0, 0.05) is 11.6 Å². The van der Waals surface area contributed by atoms with Gasteiger partial charge >= 0.3 is 0 Å². The number of hydrogen-bond acceptors (Lipinski definition) is 3. The summed E-state index contributed by atoms with van der Waals surface area (Å²) in [6, 6.07) is 8.86. The van der Waals surface area contributed by atoms with Crippen molar-refractivity contribution in [3.05, 3.63) is 52.6 Å². The molecule has 1 heterocycles. The smallest absolute Gasteiger partial charge is 0.267 e. The Bertz CT molecular complexity index is 649. The predicted molar refractivity (Wildman–Crippen MR) is 64.6 cm³/mol. The van der Waals surface area contributed by atoms with Gasteiger partial charge in [0.1, 0.15) is 12.4 Å². The highest BCUT2D eigenvalue weighted by atomic mass is 19.1. The van der Waals surface area contributed by atoms with Crippen molar-refractivity contribution in [2.24, 2.45) is 0 Å². The molecule has 92 valence electrons. The van der Waals surface area contributed by atoms with E-state index in [4.69, 9.17) is 0 Å². The molecule has 0 spiro atoms. The van der Waals surface area contributed by atoms with Crippen LogP contribution in [0.2, 0.25) is 0 Å². The first-order chi connectivity index (χ1) is 8.58. The zero-order valence-electron chi connectivity index (χ0n) is 9.76. The van der Waals surface area contributed by atoms with Crippen molar-refractivity contribution in [1.29, 1.82) is 0 Å². The Morgan fingerprint density at radius 1 is 1.28 bits per heavy atom. The van der Waals surface area contributed by atoms with Crippen LogP contribution < -0.4 is 5.56 Å². The molecule has 4 nitrogen and oxygen atoms in total. The predicted octanol–water partition coefficient (Wildman–Crippen LogP) is 1.64. The number of benzene rings is 1. The molecule has 0 atom stereocenters. The number of carbonyl (C=O) groups excluding carboxylic acids is 1. The van der Waals surface area contributed by atoms with E-state index in [1.807, 2.05) is 0 Å². The van der Waals surface area contributed by atoms with E-state index < -0.39 is 5.82 Å². The highest BCUT2D eigenvalue weighted by Crippen LogP contribution is 2.18. The van der Waals surface area contributed by atoms with Gasteiger partial charge in [0.05, 0.1) is 5.69 Å². The van der Waals surface area contributed by atoms with Crippen LogP contribution in [-0.2, 0) is 11.3 Å². The van der Waals surface area contributed by atoms with E-state index in [1.165, 1.54) is 25.1 Å². The average molecular weight is 246 g/mol. The lowest BCUT2D eigenvalue weighted by atomic mass is 10.1. The molecule has 1 aromatic carbocycles. The second-order valence-corrected chi connectivity index (χ2v) is 3.90. The van der Waals surface area contributed by atoms with Gasteiger partial charge in [-0.25, -0.2) is 9.07 Å². The first-order valence-electron chi connectivity index (χ1n) is 5.40. The number of ketones is 1. The molecule has 0 aliphatic rings. The summed E-state index contributed by atoms with van der Waals surface area (Å²) in [5.74, 6) is -0.603. The first kappa shape index (κ1) is 12.2. The van der Waals surface area contributed by atoms with Crippen LogP contribution >= 0.6 is 0 Å². The Hall–Kier alpha value is -2.30. The minimum absolute atomic E-state index is 0.110. The maximum Gasteiger partial charge on any atom is 0.267 e. The Labute approximate surface area is 103 Å². The van der Waals surface area contributed by atoms with Crippen LogP contribution in [0.25, 0.3) is 11.3 Å². The zero-order valence-corrected chi connectivity index (χ0v) is 9.76. The molecule has 18 heavy (non-hydrogen) atoms. The van der Waals surface area contributed by atoms with Gasteiger partial charge < -0.3 is 0 Å². The Kier molecular flexibility index (Phi) is 3.32. The van der Waals surface area contributed by atoms with Gasteiger partial charge in [0.2, 0.25) is 0 Å². The van der Waals surface area contributed by atoms with E-state index in [0.717, 1.165) is 4.68 Å². The lowest BCUT2D eigenvalue weighted by Crippen LogP contribution is -2.25. The summed E-state index contributed by atoms with van der Waals surface area (Å²) in [5.41, 5.74) is 0.244. The normalized spacial score (nSPS) is 10.3. The van der Waals surface area contributed by atoms with Crippen molar-refractivity contribution >= 4 is 5.78 Å². The van der Waals surface area contributed by atoms with Crippen LogP contribution in [0.5, 0.6) is 0 Å². The van der Waals surface area contributed by atoms with Crippen molar-refractivity contribution in [2.75, 3.05) is 0 Å². The van der Waals surface area contributed by atoms with Crippen molar-refractivity contribution in [2.45, 2.75) is 13.5 Å². The third-order valence-corrected chi connectivity index (χ3v) is 2.39. The van der Waals surface area contributed by atoms with Gasteiger partial charge in [0.25, 0.3) is 5.56 Å². The Balaban J connectivity index is 2.51. The molecule has 0 unspecified atom stereocenters. The van der Waals surface area contributed by atoms with Gasteiger partial charge in [-0.3, -0.25) is 9.59 Å². The van der Waals surface area contributed by atoms with Crippen LogP contribution in [0.4, 0.5) is 4.39 Å². The van der Waals surface area contributed by atoms with E-state index in [1.54, 1.807) is 18.2 Å². The fourth-order valence-corrected chi connectivity index (χ4v) is 1.59. The quantitative estimate of drug-likeness (QED) is 0.827. The first-order valence-corrected chi connectivity index (χ1v) is 5.40. The third kappa shape index (κ3) is 2.51. The van der Waals surface area contributed by atoms with Crippen LogP contribution in [0, 0.1) is 5.82 Å². The van der Waals surface area contributed by atoms with Gasteiger partial charge in [-0.1, -0.05) is 12.1 Å². The number of aromatic nitrogens is 2. The average Bonchev–Trinajstić information content (AvgIpc) is 2.32. The van der Waals surface area contributed by atoms with Gasteiger partial charge in [-0.15, -0.1) is 0 Å². The van der Waals surface area contributed by atoms with E-state index in [-0.39, 0.29) is 17.9 Å². The van der Waals surface area contributed by atoms with Gasteiger partial charge in [-0.05, 0) is 25.1 Å². The SMILES string of the molecule is CC(=O)Cn1nc(-c2ccccc2F)ccc1=O. The second-order valence-electron chi connectivity index (χ2n) is 3.90. The monoisotopic (exact) mass is 246 g/mol. The molecule has 1 aromatic heterocycles. The van der Waals surface area contributed by atoms with E-state index in [0.29, 0.717) is 11.3 Å². The van der Waals surface area contributed by atoms with Crippen LogP contribution in [0.15, 0.2) is 41.2 Å². The van der Waals surface area contributed by atoms with Crippen molar-refractivity contribution < 1.29 is 9.18 Å². The molecule has 0 saturated carbocycles. The number of Topliss-reactive ketones (excluding diaryl/α,β-unsaturated/α-hetero) is 1. The van der Waals surface area contributed by atoms with Crippen LogP contribution in [0.1, 0.15) is 6.92 Å². The molecule has 2 aromatic rings. The lowest BCUT2D eigenvalue weighted by molar-refractivity contribution is -0.117. The zero-order chi connectivity index (χ0) is 13.1. The summed E-state index contributed by atoms with van der Waals surface area (Å²) in [7, 11) is 0. The molecule has 0 bridgehead atoms. The molecule has 0 aliphatic heterocycles. The van der Waals surface area contributed by atoms with Crippen LogP contribution in [0.3, 0.4) is 0 Å². The minimum atomic E-state index is -0.418. The number of nitrogens with zero attached hydrogens (tertiary/aromatic N) is 2. The van der Waals surface area contributed by atoms with E-state index in [9.17, 15) is 14.0 Å². The van der Waals surface area contributed by atoms with Crippen LogP contribution in [-0.4, -0.2) is 15.6 Å². The molecular weight excluding hydrogens is 235 g/mol. The Morgan fingerprint density at radius 3 is 2.67 bits per heavy atom. The maximum absolute atomic E-state index is 13.6. The summed E-state index contributed by atoms with van der Waals surface area (Å²) in [6.45, 7) is 1.25. The second kappa shape index (κ2) is 4.91. The largest absolute Gasteiger partial charge is 0.298 e. The summed E-state index contributed by atoms with van der Waals surface area (Å²) in [5, 5.41) is 3.99. The van der Waals surface area contributed by atoms with E-state index in [2.05, 4.69) is 5.10 Å². The molecule has 0 saturated heterocycles. The Morgan fingerprint density at radius 2 is 2.00 bits per heavy atom. The molecule has 0 amide bonds. The lowest BCUT2D eigenvalue weighted by Gasteiger charge is -2.06. The molecule has 2 rings (SSSR count). The number of rotatable bonds is 3. The topological polar surface area (TPSA) is 52.0 Å². The number of carbonyl (C=O) groups is 1. The maximum atomic E-state index is 13.6. The third-order valence-electron chi connectivity index (χ3n) is 2.39. The van der Waals surface area contributed by atoms with Crippen molar-refractivity contribution in [3.8, 4) is 11.3 Å². The molecule has 0 aliphatic carbocycles. The van der Waals surface area contributed by atoms with Gasteiger partial charge in [0.15, 0.2) is 5.78 Å².